The zero-order valence-corrected chi connectivity index (χ0v) is 19.2. The number of halogens is 3. The first-order valence-corrected chi connectivity index (χ1v) is 11.1. The summed E-state index contributed by atoms with van der Waals surface area (Å²) in [7, 11) is 1.80. The van der Waals surface area contributed by atoms with E-state index >= 15 is 4.39 Å². The molecular formula is C24H21ClF2N6O. The van der Waals surface area contributed by atoms with Crippen molar-refractivity contribution in [2.45, 2.75) is 13.0 Å². The number of nitrogens with zero attached hydrogens (tertiary/aromatic N) is 5. The van der Waals surface area contributed by atoms with Crippen LogP contribution in [-0.4, -0.2) is 38.6 Å². The average molecular weight is 483 g/mol. The Morgan fingerprint density at radius 3 is 2.65 bits per heavy atom. The maximum absolute atomic E-state index is 15.4. The van der Waals surface area contributed by atoms with Gasteiger partial charge in [0.2, 0.25) is 0 Å². The van der Waals surface area contributed by atoms with Crippen LogP contribution >= 0.6 is 11.6 Å². The van der Waals surface area contributed by atoms with Gasteiger partial charge in [-0.3, -0.25) is 4.90 Å². The summed E-state index contributed by atoms with van der Waals surface area (Å²) in [5.74, 6) is -0.728. The molecule has 2 amide bonds. The van der Waals surface area contributed by atoms with Gasteiger partial charge in [-0.15, -0.1) is 0 Å². The van der Waals surface area contributed by atoms with E-state index in [0.717, 1.165) is 0 Å². The first-order valence-electron chi connectivity index (χ1n) is 10.7. The highest BCUT2D eigenvalue weighted by molar-refractivity contribution is 6.30. The second-order valence-corrected chi connectivity index (χ2v) is 8.61. The lowest BCUT2D eigenvalue weighted by atomic mass is 10.0. The van der Waals surface area contributed by atoms with Gasteiger partial charge in [0.1, 0.15) is 29.4 Å². The van der Waals surface area contributed by atoms with Crippen molar-refractivity contribution in [3.8, 4) is 11.1 Å². The quantitative estimate of drug-likeness (QED) is 0.436. The highest BCUT2D eigenvalue weighted by Gasteiger charge is 2.38. The number of carbonyl (C=O) groups excluding carboxylic acids is 1. The third-order valence-corrected chi connectivity index (χ3v) is 6.37. The van der Waals surface area contributed by atoms with Gasteiger partial charge in [-0.2, -0.15) is 0 Å². The fourth-order valence-corrected chi connectivity index (χ4v) is 4.82. The summed E-state index contributed by atoms with van der Waals surface area (Å²) >= 11 is 6.03. The summed E-state index contributed by atoms with van der Waals surface area (Å²) in [5, 5.41) is 0.819. The van der Waals surface area contributed by atoms with E-state index in [0.29, 0.717) is 40.0 Å². The molecule has 2 aromatic heterocycles. The number of carbonyl (C=O) groups is 1. The number of aromatic nitrogens is 3. The van der Waals surface area contributed by atoms with Crippen LogP contribution in [-0.2, 0) is 7.05 Å². The highest BCUT2D eigenvalue weighted by atomic mass is 35.5. The lowest BCUT2D eigenvalue weighted by molar-refractivity contribution is 0.209. The van der Waals surface area contributed by atoms with Gasteiger partial charge in [0.25, 0.3) is 0 Å². The van der Waals surface area contributed by atoms with Gasteiger partial charge in [0, 0.05) is 41.6 Å². The summed E-state index contributed by atoms with van der Waals surface area (Å²) < 4.78 is 31.1. The van der Waals surface area contributed by atoms with Crippen LogP contribution in [0.5, 0.6) is 0 Å². The minimum absolute atomic E-state index is 0.236. The molecular weight excluding hydrogens is 462 g/mol. The SMILES string of the molecule is CCN1C(=O)N(c2ccc(-c3cn(C)c4ncnc(N)c34)c(F)c2)CC1c1cc(F)cc(Cl)c1. The van der Waals surface area contributed by atoms with Crippen molar-refractivity contribution in [3.05, 3.63) is 71.1 Å². The maximum atomic E-state index is 15.4. The fourth-order valence-electron chi connectivity index (χ4n) is 4.59. The summed E-state index contributed by atoms with van der Waals surface area (Å²) in [4.78, 5) is 24.5. The molecule has 3 heterocycles. The fraction of sp³-hybridized carbons (Fsp3) is 0.208. The molecule has 1 saturated heterocycles. The van der Waals surface area contributed by atoms with Gasteiger partial charge in [-0.05, 0) is 48.9 Å². The van der Waals surface area contributed by atoms with E-state index in [1.807, 2.05) is 6.92 Å². The summed E-state index contributed by atoms with van der Waals surface area (Å²) in [6.45, 7) is 2.48. The van der Waals surface area contributed by atoms with Crippen LogP contribution < -0.4 is 10.6 Å². The van der Waals surface area contributed by atoms with E-state index in [1.54, 1.807) is 40.9 Å². The van der Waals surface area contributed by atoms with Crippen LogP contribution in [0, 0.1) is 11.6 Å². The van der Waals surface area contributed by atoms with Crippen LogP contribution in [0.15, 0.2) is 48.9 Å². The summed E-state index contributed by atoms with van der Waals surface area (Å²) in [6, 6.07) is 8.14. The number of hydrogen-bond donors (Lipinski definition) is 1. The molecule has 0 bridgehead atoms. The molecule has 0 radical (unpaired) electrons. The van der Waals surface area contributed by atoms with Gasteiger partial charge in [-0.1, -0.05) is 11.6 Å². The van der Waals surface area contributed by atoms with E-state index in [9.17, 15) is 9.18 Å². The van der Waals surface area contributed by atoms with Gasteiger partial charge in [0.05, 0.1) is 18.0 Å². The molecule has 1 aliphatic rings. The molecule has 2 N–H and O–H groups in total. The Labute approximate surface area is 199 Å². The zero-order valence-electron chi connectivity index (χ0n) is 18.5. The van der Waals surface area contributed by atoms with Gasteiger partial charge in [0.15, 0.2) is 0 Å². The minimum atomic E-state index is -0.513. The summed E-state index contributed by atoms with van der Waals surface area (Å²) in [5.41, 5.74) is 8.52. The number of anilines is 2. The predicted octanol–water partition coefficient (Wildman–Crippen LogP) is 5.15. The molecule has 0 aliphatic carbocycles. The first-order chi connectivity index (χ1) is 16.3. The highest BCUT2D eigenvalue weighted by Crippen LogP contribution is 2.38. The Kier molecular flexibility index (Phi) is 5.36. The van der Waals surface area contributed by atoms with E-state index in [1.165, 1.54) is 29.4 Å². The average Bonchev–Trinajstić information content (AvgIpc) is 3.30. The standard InChI is InChI=1S/C24H21ClF2N6O/c1-3-32-20(13-6-14(25)8-15(26)7-13)11-33(24(32)34)16-4-5-17(19(27)9-16)18-10-31(2)23-21(18)22(28)29-12-30-23/h4-10,12,20H,3,11H2,1-2H3,(H2,28,29,30). The van der Waals surface area contributed by atoms with Crippen molar-refractivity contribution in [3.63, 3.8) is 0 Å². The molecule has 1 fully saturated rings. The van der Waals surface area contributed by atoms with Crippen LogP contribution in [0.2, 0.25) is 5.02 Å². The molecule has 1 aliphatic heterocycles. The van der Waals surface area contributed by atoms with E-state index < -0.39 is 17.7 Å². The Balaban J connectivity index is 1.52. The molecule has 34 heavy (non-hydrogen) atoms. The topological polar surface area (TPSA) is 80.3 Å². The number of fused-ring (bicyclic) bond motifs is 1. The normalized spacial score (nSPS) is 16.1. The largest absolute Gasteiger partial charge is 0.383 e. The number of rotatable bonds is 4. The number of likely N-dealkylation sites (N-methyl/N-ethyl adjacent to an activating group) is 1. The predicted molar refractivity (Wildman–Crippen MR) is 128 cm³/mol. The van der Waals surface area contributed by atoms with Crippen LogP contribution in [0.4, 0.5) is 25.1 Å². The number of aryl methyl sites for hydroxylation is 1. The van der Waals surface area contributed by atoms with Crippen molar-refractivity contribution >= 4 is 40.2 Å². The number of nitrogens with two attached hydrogens (primary N) is 1. The monoisotopic (exact) mass is 482 g/mol. The number of urea groups is 1. The van der Waals surface area contributed by atoms with Crippen molar-refractivity contribution in [2.24, 2.45) is 7.05 Å². The minimum Gasteiger partial charge on any atom is -0.383 e. The van der Waals surface area contributed by atoms with Crippen LogP contribution in [0.1, 0.15) is 18.5 Å². The molecule has 5 rings (SSSR count). The number of benzene rings is 2. The molecule has 10 heteroatoms. The van der Waals surface area contributed by atoms with Crippen LogP contribution in [0.25, 0.3) is 22.2 Å². The second-order valence-electron chi connectivity index (χ2n) is 8.17. The van der Waals surface area contributed by atoms with Gasteiger partial charge < -0.3 is 15.2 Å². The third kappa shape index (κ3) is 3.52. The van der Waals surface area contributed by atoms with E-state index in [2.05, 4.69) is 9.97 Å². The van der Waals surface area contributed by atoms with E-state index in [-0.39, 0.29) is 23.4 Å². The Morgan fingerprint density at radius 1 is 1.15 bits per heavy atom. The molecule has 0 spiro atoms. The lowest BCUT2D eigenvalue weighted by Gasteiger charge is -2.21. The second kappa shape index (κ2) is 8.25. The summed E-state index contributed by atoms with van der Waals surface area (Å²) in [6.07, 6.45) is 3.11. The van der Waals surface area contributed by atoms with Crippen molar-refractivity contribution in [2.75, 3.05) is 23.7 Å². The molecule has 4 aromatic rings. The molecule has 7 nitrogen and oxygen atoms in total. The van der Waals surface area contributed by atoms with Crippen molar-refractivity contribution in [1.29, 1.82) is 0 Å². The third-order valence-electron chi connectivity index (χ3n) is 6.16. The smallest absolute Gasteiger partial charge is 0.325 e. The molecule has 174 valence electrons. The van der Waals surface area contributed by atoms with Gasteiger partial charge >= 0.3 is 6.03 Å². The lowest BCUT2D eigenvalue weighted by Crippen LogP contribution is -2.32. The maximum Gasteiger partial charge on any atom is 0.325 e. The Bertz CT molecular complexity index is 1420. The number of amides is 2. The van der Waals surface area contributed by atoms with Crippen molar-refractivity contribution in [1.82, 2.24) is 19.4 Å². The Morgan fingerprint density at radius 2 is 1.94 bits per heavy atom. The molecule has 0 saturated carbocycles. The molecule has 1 unspecified atom stereocenters. The number of nitrogen functional groups attached to an aromatic ring is 1. The van der Waals surface area contributed by atoms with Gasteiger partial charge in [-0.25, -0.2) is 23.5 Å². The van der Waals surface area contributed by atoms with Crippen molar-refractivity contribution < 1.29 is 13.6 Å². The Hall–Kier alpha value is -3.72. The zero-order chi connectivity index (χ0) is 24.1. The van der Waals surface area contributed by atoms with E-state index in [4.69, 9.17) is 17.3 Å². The molecule has 1 atom stereocenters. The molecule has 2 aromatic carbocycles. The number of hydrogen-bond acceptors (Lipinski definition) is 4. The first kappa shape index (κ1) is 22.1. The van der Waals surface area contributed by atoms with Crippen LogP contribution in [0.3, 0.4) is 0 Å².